The van der Waals surface area contributed by atoms with E-state index in [4.69, 9.17) is 4.98 Å². The van der Waals surface area contributed by atoms with Gasteiger partial charge in [0.05, 0.1) is 0 Å². The minimum absolute atomic E-state index is 0.141. The lowest BCUT2D eigenvalue weighted by molar-refractivity contribution is -0.121. The van der Waals surface area contributed by atoms with Crippen molar-refractivity contribution < 1.29 is 4.79 Å². The van der Waals surface area contributed by atoms with E-state index < -0.39 is 0 Å². The molecule has 0 aliphatic carbocycles. The molecule has 29 heavy (non-hydrogen) atoms. The molecule has 2 N–H and O–H groups in total. The van der Waals surface area contributed by atoms with Gasteiger partial charge in [-0.05, 0) is 43.2 Å². The first kappa shape index (κ1) is 21.4. The number of guanidine groups is 1. The molecule has 0 unspecified atom stereocenters. The summed E-state index contributed by atoms with van der Waals surface area (Å²) in [4.78, 5) is 25.4. The summed E-state index contributed by atoms with van der Waals surface area (Å²) in [6.07, 6.45) is 9.87. The molecular formula is C22H36N6O. The van der Waals surface area contributed by atoms with Gasteiger partial charge < -0.3 is 20.4 Å². The van der Waals surface area contributed by atoms with E-state index in [0.717, 1.165) is 57.3 Å². The van der Waals surface area contributed by atoms with E-state index in [1.807, 2.05) is 13.2 Å². The number of rotatable bonds is 5. The lowest BCUT2D eigenvalue weighted by atomic mass is 9.93. The summed E-state index contributed by atoms with van der Waals surface area (Å²) < 4.78 is 0. The molecule has 2 aliphatic heterocycles. The predicted molar refractivity (Wildman–Crippen MR) is 118 cm³/mol. The van der Waals surface area contributed by atoms with Gasteiger partial charge in [0.1, 0.15) is 5.82 Å². The maximum Gasteiger partial charge on any atom is 0.220 e. The highest BCUT2D eigenvalue weighted by Gasteiger charge is 2.23. The Bertz CT molecular complexity index is 658. The highest BCUT2D eigenvalue weighted by atomic mass is 16.1. The van der Waals surface area contributed by atoms with Crippen LogP contribution in [0.4, 0.5) is 5.82 Å². The van der Waals surface area contributed by atoms with Gasteiger partial charge in [-0.15, -0.1) is 0 Å². The van der Waals surface area contributed by atoms with Crippen molar-refractivity contribution in [3.05, 3.63) is 23.9 Å². The summed E-state index contributed by atoms with van der Waals surface area (Å²) in [5, 5.41) is 6.20. The normalized spacial score (nSPS) is 19.0. The molecule has 3 rings (SSSR count). The number of likely N-dealkylation sites (tertiary alicyclic amines) is 1. The van der Waals surface area contributed by atoms with Crippen LogP contribution in [0.1, 0.15) is 50.5 Å². The SMILES string of the molecule is CN=C(NCc1ccc(N2CCCCCC2)nc1)N1CCC(CC(=O)NC)CC1. The Kier molecular flexibility index (Phi) is 8.14. The number of piperidine rings is 1. The van der Waals surface area contributed by atoms with E-state index in [1.165, 1.54) is 31.2 Å². The number of aliphatic imine (C=N–C) groups is 1. The van der Waals surface area contributed by atoms with Crippen LogP contribution in [0.15, 0.2) is 23.3 Å². The molecule has 1 aromatic rings. The van der Waals surface area contributed by atoms with E-state index >= 15 is 0 Å². The van der Waals surface area contributed by atoms with Crippen LogP contribution in [0.25, 0.3) is 0 Å². The van der Waals surface area contributed by atoms with E-state index in [0.29, 0.717) is 12.3 Å². The van der Waals surface area contributed by atoms with Gasteiger partial charge >= 0.3 is 0 Å². The van der Waals surface area contributed by atoms with Crippen LogP contribution in [0, 0.1) is 5.92 Å². The fourth-order valence-corrected chi connectivity index (χ4v) is 4.23. The number of carbonyl (C=O) groups is 1. The van der Waals surface area contributed by atoms with Crippen LogP contribution in [0.3, 0.4) is 0 Å². The van der Waals surface area contributed by atoms with Crippen LogP contribution in [-0.2, 0) is 11.3 Å². The molecule has 2 aliphatic rings. The van der Waals surface area contributed by atoms with E-state index in [2.05, 4.69) is 37.6 Å². The van der Waals surface area contributed by atoms with Gasteiger partial charge in [0.25, 0.3) is 0 Å². The van der Waals surface area contributed by atoms with Gasteiger partial charge in [-0.25, -0.2) is 4.98 Å². The monoisotopic (exact) mass is 400 g/mol. The van der Waals surface area contributed by atoms with Crippen LogP contribution in [-0.4, -0.2) is 62.0 Å². The molecule has 1 amide bonds. The van der Waals surface area contributed by atoms with Crippen molar-refractivity contribution in [3.8, 4) is 0 Å². The summed E-state index contributed by atoms with van der Waals surface area (Å²) >= 11 is 0. The lowest BCUT2D eigenvalue weighted by Gasteiger charge is -2.34. The molecule has 0 spiro atoms. The van der Waals surface area contributed by atoms with Crippen LogP contribution in [0.2, 0.25) is 0 Å². The summed E-state index contributed by atoms with van der Waals surface area (Å²) in [6, 6.07) is 4.32. The number of hydrogen-bond acceptors (Lipinski definition) is 4. The first-order valence-corrected chi connectivity index (χ1v) is 11.1. The number of hydrogen-bond donors (Lipinski definition) is 2. The number of amides is 1. The molecule has 0 saturated carbocycles. The highest BCUT2D eigenvalue weighted by Crippen LogP contribution is 2.21. The number of carbonyl (C=O) groups excluding carboxylic acids is 1. The zero-order valence-corrected chi connectivity index (χ0v) is 18.0. The topological polar surface area (TPSA) is 72.9 Å². The molecule has 7 nitrogen and oxygen atoms in total. The van der Waals surface area contributed by atoms with E-state index in [9.17, 15) is 4.79 Å². The molecular weight excluding hydrogens is 364 g/mol. The average Bonchev–Trinajstić information content (AvgIpc) is 3.05. The Morgan fingerprint density at radius 1 is 1.14 bits per heavy atom. The summed E-state index contributed by atoms with van der Waals surface area (Å²) in [5.41, 5.74) is 1.17. The van der Waals surface area contributed by atoms with Gasteiger partial charge in [-0.2, -0.15) is 0 Å². The van der Waals surface area contributed by atoms with Gasteiger partial charge in [-0.1, -0.05) is 18.9 Å². The fraction of sp³-hybridized carbons (Fsp3) is 0.682. The van der Waals surface area contributed by atoms with Gasteiger partial charge in [0.15, 0.2) is 5.96 Å². The summed E-state index contributed by atoms with van der Waals surface area (Å²) in [6.45, 7) is 4.83. The summed E-state index contributed by atoms with van der Waals surface area (Å²) in [5.74, 6) is 2.64. The van der Waals surface area contributed by atoms with E-state index in [1.54, 1.807) is 7.05 Å². The van der Waals surface area contributed by atoms with Crippen molar-refractivity contribution >= 4 is 17.7 Å². The third-order valence-electron chi connectivity index (χ3n) is 6.07. The first-order valence-electron chi connectivity index (χ1n) is 11.1. The van der Waals surface area contributed by atoms with Crippen molar-refractivity contribution in [1.82, 2.24) is 20.5 Å². The molecule has 7 heteroatoms. The average molecular weight is 401 g/mol. The second-order valence-corrected chi connectivity index (χ2v) is 8.13. The second kappa shape index (κ2) is 11.0. The smallest absolute Gasteiger partial charge is 0.220 e. The zero-order valence-electron chi connectivity index (χ0n) is 18.0. The third kappa shape index (κ3) is 6.34. The molecule has 0 bridgehead atoms. The van der Waals surface area contributed by atoms with Crippen molar-refractivity contribution in [3.63, 3.8) is 0 Å². The fourth-order valence-electron chi connectivity index (χ4n) is 4.23. The van der Waals surface area contributed by atoms with Crippen molar-refractivity contribution in [2.45, 2.75) is 51.5 Å². The van der Waals surface area contributed by atoms with Gasteiger partial charge in [0, 0.05) is 59.4 Å². The standard InChI is InChI=1S/C22H36N6O/c1-23-21(29)15-18-9-13-28(14-10-18)22(24-2)26-17-19-7-8-20(25-16-19)27-11-5-3-4-6-12-27/h7-8,16,18H,3-6,9-15,17H2,1-2H3,(H,23,29)(H,24,26). The van der Waals surface area contributed by atoms with Crippen molar-refractivity contribution in [1.29, 1.82) is 0 Å². The Labute approximate surface area is 175 Å². The molecule has 3 heterocycles. The Hall–Kier alpha value is -2.31. The predicted octanol–water partition coefficient (Wildman–Crippen LogP) is 2.39. The maximum absolute atomic E-state index is 11.6. The third-order valence-corrected chi connectivity index (χ3v) is 6.07. The number of aromatic nitrogens is 1. The lowest BCUT2D eigenvalue weighted by Crippen LogP contribution is -2.45. The molecule has 1 aromatic heterocycles. The minimum Gasteiger partial charge on any atom is -0.359 e. The molecule has 2 saturated heterocycles. The minimum atomic E-state index is 0.141. The molecule has 160 valence electrons. The van der Waals surface area contributed by atoms with Crippen molar-refractivity contribution in [2.24, 2.45) is 10.9 Å². The Morgan fingerprint density at radius 2 is 1.86 bits per heavy atom. The quantitative estimate of drug-likeness (QED) is 0.586. The largest absolute Gasteiger partial charge is 0.359 e. The Morgan fingerprint density at radius 3 is 2.45 bits per heavy atom. The molecule has 0 radical (unpaired) electrons. The molecule has 0 atom stereocenters. The van der Waals surface area contributed by atoms with Crippen LogP contribution in [0.5, 0.6) is 0 Å². The van der Waals surface area contributed by atoms with Crippen LogP contribution >= 0.6 is 0 Å². The van der Waals surface area contributed by atoms with Gasteiger partial charge in [-0.3, -0.25) is 9.79 Å². The second-order valence-electron chi connectivity index (χ2n) is 8.13. The number of nitrogens with zero attached hydrogens (tertiary/aromatic N) is 4. The van der Waals surface area contributed by atoms with E-state index in [-0.39, 0.29) is 5.91 Å². The molecule has 0 aromatic carbocycles. The van der Waals surface area contributed by atoms with Crippen molar-refractivity contribution in [2.75, 3.05) is 45.2 Å². The maximum atomic E-state index is 11.6. The summed E-state index contributed by atoms with van der Waals surface area (Å²) in [7, 11) is 3.54. The highest BCUT2D eigenvalue weighted by molar-refractivity contribution is 5.80. The number of nitrogens with one attached hydrogen (secondary N) is 2. The number of pyridine rings is 1. The molecule has 2 fully saturated rings. The number of anilines is 1. The zero-order chi connectivity index (χ0) is 20.5. The Balaban J connectivity index is 1.46. The first-order chi connectivity index (χ1) is 14.2. The van der Waals surface area contributed by atoms with Gasteiger partial charge in [0.2, 0.25) is 5.91 Å². The van der Waals surface area contributed by atoms with Crippen LogP contribution < -0.4 is 15.5 Å².